The van der Waals surface area contributed by atoms with Crippen LogP contribution in [0.2, 0.25) is 0 Å². The molecule has 3 rings (SSSR count). The molecule has 1 saturated heterocycles. The number of hydrogen-bond donors (Lipinski definition) is 1. The molecule has 22 heavy (non-hydrogen) atoms. The van der Waals surface area contributed by atoms with Gasteiger partial charge in [-0.25, -0.2) is 0 Å². The van der Waals surface area contributed by atoms with E-state index in [4.69, 9.17) is 0 Å². The third-order valence-corrected chi connectivity index (χ3v) is 5.07. The lowest BCUT2D eigenvalue weighted by atomic mass is 10.0. The summed E-state index contributed by atoms with van der Waals surface area (Å²) in [6.07, 6.45) is 1.73. The number of aryl methyl sites for hydroxylation is 1. The van der Waals surface area contributed by atoms with Gasteiger partial charge >= 0.3 is 0 Å². The minimum absolute atomic E-state index is 0.0214. The fourth-order valence-electron chi connectivity index (χ4n) is 2.91. The number of rotatable bonds is 3. The summed E-state index contributed by atoms with van der Waals surface area (Å²) in [6.45, 7) is 2.18. The van der Waals surface area contributed by atoms with Crippen molar-refractivity contribution in [2.24, 2.45) is 5.92 Å². The summed E-state index contributed by atoms with van der Waals surface area (Å²) in [4.78, 5) is 36.5. The smallest absolute Gasteiger partial charge is 0.227 e. The topological polar surface area (TPSA) is 66.5 Å². The number of carbonyl (C=O) groups excluding carboxylic acids is 3. The van der Waals surface area contributed by atoms with Gasteiger partial charge < -0.3 is 10.2 Å². The van der Waals surface area contributed by atoms with Gasteiger partial charge in [0.1, 0.15) is 0 Å². The molecular weight excluding hydrogens is 300 g/mol. The van der Waals surface area contributed by atoms with Crippen molar-refractivity contribution in [3.63, 3.8) is 0 Å². The Balaban J connectivity index is 1.74. The first kappa shape index (κ1) is 15.1. The number of nitrogens with zero attached hydrogens (tertiary/aromatic N) is 1. The lowest BCUT2D eigenvalue weighted by molar-refractivity contribution is -0.117. The van der Waals surface area contributed by atoms with Crippen molar-refractivity contribution < 1.29 is 14.4 Å². The standard InChI is InChI=1S/C16H18N2O3S/c1-10(19)22-9-11-6-16(21)18(8-11)13-4-2-12-3-5-15(20)17-14(12)7-13/h2,4,7,11H,3,5-6,8-9H2,1H3,(H,17,20). The van der Waals surface area contributed by atoms with E-state index in [-0.39, 0.29) is 22.8 Å². The predicted octanol–water partition coefficient (Wildman–Crippen LogP) is 2.20. The Bertz CT molecular complexity index is 644. The highest BCUT2D eigenvalue weighted by molar-refractivity contribution is 8.13. The minimum Gasteiger partial charge on any atom is -0.326 e. The van der Waals surface area contributed by atoms with Gasteiger partial charge in [-0.3, -0.25) is 14.4 Å². The van der Waals surface area contributed by atoms with Crippen LogP contribution in [0.15, 0.2) is 18.2 Å². The van der Waals surface area contributed by atoms with Crippen LogP contribution in [0, 0.1) is 5.92 Å². The molecule has 0 aliphatic carbocycles. The van der Waals surface area contributed by atoms with Crippen LogP contribution in [0.25, 0.3) is 0 Å². The van der Waals surface area contributed by atoms with Crippen LogP contribution in [0.5, 0.6) is 0 Å². The number of anilines is 2. The SMILES string of the molecule is CC(=O)SCC1CC(=O)N(c2ccc3c(c2)NC(=O)CC3)C1. The summed E-state index contributed by atoms with van der Waals surface area (Å²) in [5.41, 5.74) is 2.74. The first-order valence-corrected chi connectivity index (χ1v) is 8.38. The molecule has 2 aliphatic heterocycles. The molecular formula is C16H18N2O3S. The van der Waals surface area contributed by atoms with Crippen LogP contribution in [0.1, 0.15) is 25.3 Å². The molecule has 2 aliphatic rings. The Labute approximate surface area is 133 Å². The summed E-state index contributed by atoms with van der Waals surface area (Å²) in [7, 11) is 0. The molecule has 0 saturated carbocycles. The van der Waals surface area contributed by atoms with Gasteiger partial charge in [-0.2, -0.15) is 0 Å². The van der Waals surface area contributed by atoms with E-state index < -0.39 is 0 Å². The van der Waals surface area contributed by atoms with E-state index in [1.54, 1.807) is 11.8 Å². The minimum atomic E-state index is 0.0214. The van der Waals surface area contributed by atoms with Gasteiger partial charge in [0.2, 0.25) is 11.8 Å². The van der Waals surface area contributed by atoms with Gasteiger partial charge in [0, 0.05) is 43.4 Å². The van der Waals surface area contributed by atoms with Crippen LogP contribution in [-0.4, -0.2) is 29.2 Å². The maximum atomic E-state index is 12.2. The Kier molecular flexibility index (Phi) is 4.20. The van der Waals surface area contributed by atoms with Crippen LogP contribution < -0.4 is 10.2 Å². The van der Waals surface area contributed by atoms with Gasteiger partial charge in [0.15, 0.2) is 5.12 Å². The normalized spacial score (nSPS) is 20.8. The van der Waals surface area contributed by atoms with Crippen LogP contribution in [0.4, 0.5) is 11.4 Å². The second-order valence-electron chi connectivity index (χ2n) is 5.77. The lowest BCUT2D eigenvalue weighted by Crippen LogP contribution is -2.26. The number of benzene rings is 1. The summed E-state index contributed by atoms with van der Waals surface area (Å²) in [5.74, 6) is 0.982. The van der Waals surface area contributed by atoms with Gasteiger partial charge in [0.05, 0.1) is 0 Å². The van der Waals surface area contributed by atoms with E-state index in [0.717, 1.165) is 23.4 Å². The molecule has 116 valence electrons. The fourth-order valence-corrected chi connectivity index (χ4v) is 3.60. The first-order chi connectivity index (χ1) is 10.5. The van der Waals surface area contributed by atoms with E-state index in [9.17, 15) is 14.4 Å². The average Bonchev–Trinajstić information content (AvgIpc) is 2.85. The average molecular weight is 318 g/mol. The maximum Gasteiger partial charge on any atom is 0.227 e. The van der Waals surface area contributed by atoms with Crippen molar-refractivity contribution in [3.8, 4) is 0 Å². The van der Waals surface area contributed by atoms with Crippen molar-refractivity contribution in [1.82, 2.24) is 0 Å². The number of amides is 2. The predicted molar refractivity (Wildman–Crippen MR) is 87.0 cm³/mol. The van der Waals surface area contributed by atoms with Gasteiger partial charge in [-0.1, -0.05) is 17.8 Å². The molecule has 1 atom stereocenters. The lowest BCUT2D eigenvalue weighted by Gasteiger charge is -2.22. The monoisotopic (exact) mass is 318 g/mol. The highest BCUT2D eigenvalue weighted by Crippen LogP contribution is 2.32. The molecule has 1 unspecified atom stereocenters. The molecule has 1 fully saturated rings. The largest absolute Gasteiger partial charge is 0.326 e. The van der Waals surface area contributed by atoms with Gasteiger partial charge in [-0.05, 0) is 30.0 Å². The Morgan fingerprint density at radius 3 is 2.95 bits per heavy atom. The van der Waals surface area contributed by atoms with Crippen LogP contribution in [0.3, 0.4) is 0 Å². The third-order valence-electron chi connectivity index (χ3n) is 4.03. The molecule has 0 spiro atoms. The molecule has 0 radical (unpaired) electrons. The molecule has 1 N–H and O–H groups in total. The number of hydrogen-bond acceptors (Lipinski definition) is 4. The Morgan fingerprint density at radius 1 is 1.36 bits per heavy atom. The van der Waals surface area contributed by atoms with Crippen molar-refractivity contribution >= 4 is 40.1 Å². The number of carbonyl (C=O) groups is 3. The second-order valence-corrected chi connectivity index (χ2v) is 6.96. The fraction of sp³-hybridized carbons (Fsp3) is 0.438. The van der Waals surface area contributed by atoms with Crippen molar-refractivity contribution in [1.29, 1.82) is 0 Å². The zero-order valence-electron chi connectivity index (χ0n) is 12.4. The van der Waals surface area contributed by atoms with E-state index in [1.165, 1.54) is 11.8 Å². The van der Waals surface area contributed by atoms with E-state index in [2.05, 4.69) is 5.32 Å². The molecule has 1 aromatic carbocycles. The van der Waals surface area contributed by atoms with Gasteiger partial charge in [-0.15, -0.1) is 0 Å². The Morgan fingerprint density at radius 2 is 2.18 bits per heavy atom. The molecule has 1 aromatic rings. The maximum absolute atomic E-state index is 12.2. The molecule has 2 amide bonds. The molecule has 0 bridgehead atoms. The van der Waals surface area contributed by atoms with E-state index in [0.29, 0.717) is 25.1 Å². The summed E-state index contributed by atoms with van der Waals surface area (Å²) in [5, 5.41) is 2.95. The van der Waals surface area contributed by atoms with E-state index in [1.807, 2.05) is 18.2 Å². The molecule has 6 heteroatoms. The number of fused-ring (bicyclic) bond motifs is 1. The Hall–Kier alpha value is -1.82. The van der Waals surface area contributed by atoms with E-state index >= 15 is 0 Å². The molecule has 5 nitrogen and oxygen atoms in total. The zero-order chi connectivity index (χ0) is 15.7. The van der Waals surface area contributed by atoms with Crippen LogP contribution >= 0.6 is 11.8 Å². The van der Waals surface area contributed by atoms with Crippen molar-refractivity contribution in [3.05, 3.63) is 23.8 Å². The van der Waals surface area contributed by atoms with Crippen LogP contribution in [-0.2, 0) is 20.8 Å². The van der Waals surface area contributed by atoms with Gasteiger partial charge in [0.25, 0.3) is 0 Å². The molecule has 2 heterocycles. The van der Waals surface area contributed by atoms with Crippen molar-refractivity contribution in [2.75, 3.05) is 22.5 Å². The highest BCUT2D eigenvalue weighted by Gasteiger charge is 2.31. The summed E-state index contributed by atoms with van der Waals surface area (Å²) in [6, 6.07) is 5.80. The summed E-state index contributed by atoms with van der Waals surface area (Å²) >= 11 is 1.28. The second kappa shape index (κ2) is 6.12. The first-order valence-electron chi connectivity index (χ1n) is 7.39. The van der Waals surface area contributed by atoms with Crippen molar-refractivity contribution in [2.45, 2.75) is 26.2 Å². The number of thioether (sulfide) groups is 1. The zero-order valence-corrected chi connectivity index (χ0v) is 13.2. The summed E-state index contributed by atoms with van der Waals surface area (Å²) < 4.78 is 0. The quantitative estimate of drug-likeness (QED) is 0.928. The highest BCUT2D eigenvalue weighted by atomic mass is 32.2. The number of nitrogens with one attached hydrogen (secondary N) is 1. The third kappa shape index (κ3) is 3.16. The molecule has 0 aromatic heterocycles.